The molecule has 10 nitrogen and oxygen atoms in total. The van der Waals surface area contributed by atoms with Crippen molar-refractivity contribution in [3.8, 4) is 23.0 Å². The van der Waals surface area contributed by atoms with Crippen molar-refractivity contribution < 1.29 is 46.7 Å². The van der Waals surface area contributed by atoms with Crippen molar-refractivity contribution in [1.29, 1.82) is 0 Å². The van der Waals surface area contributed by atoms with E-state index in [1.165, 1.54) is 34.5 Å². The van der Waals surface area contributed by atoms with Crippen LogP contribution in [0.3, 0.4) is 0 Å². The maximum atomic E-state index is 11.7. The third-order valence-electron chi connectivity index (χ3n) is 11.5. The third-order valence-corrected chi connectivity index (χ3v) is 13.0. The molecule has 11 rings (SSSR count). The number of esters is 1. The van der Waals surface area contributed by atoms with Crippen LogP contribution < -0.4 is 19.1 Å². The molecular weight excluding hydrogens is 927 g/mol. The molecule has 0 saturated heterocycles. The molecular formula is C59H52N3O7S2+3. The minimum absolute atomic E-state index is 0.342. The molecule has 3 aliphatic heterocycles. The van der Waals surface area contributed by atoms with Gasteiger partial charge in [-0.1, -0.05) is 103 Å². The Morgan fingerprint density at radius 2 is 0.859 bits per heavy atom. The van der Waals surface area contributed by atoms with Crippen LogP contribution >= 0.6 is 23.8 Å². The first-order valence-electron chi connectivity index (χ1n) is 23.0. The molecule has 0 spiro atoms. The van der Waals surface area contributed by atoms with Gasteiger partial charge in [0.15, 0.2) is 24.4 Å². The van der Waals surface area contributed by atoms with Crippen molar-refractivity contribution in [3.63, 3.8) is 0 Å². The summed E-state index contributed by atoms with van der Waals surface area (Å²) in [5, 5.41) is 0. The topological polar surface area (TPSA) is 81.5 Å². The maximum absolute atomic E-state index is 11.7. The van der Waals surface area contributed by atoms with E-state index < -0.39 is 0 Å². The number of benzene rings is 8. The quantitative estimate of drug-likeness (QED) is 0.0437. The first kappa shape index (κ1) is 48.1. The molecule has 0 radical (unpaired) electrons. The van der Waals surface area contributed by atoms with Crippen LogP contribution in [0, 0.1) is 20.8 Å². The molecule has 8 aromatic carbocycles. The van der Waals surface area contributed by atoms with Gasteiger partial charge in [0, 0.05) is 51.1 Å². The van der Waals surface area contributed by atoms with Crippen LogP contribution in [0.2, 0.25) is 0 Å². The highest BCUT2D eigenvalue weighted by molar-refractivity contribution is 7.99. The molecule has 3 aliphatic rings. The second-order valence-electron chi connectivity index (χ2n) is 16.6. The second kappa shape index (κ2) is 23.1. The summed E-state index contributed by atoms with van der Waals surface area (Å²) >= 11 is 2.96. The van der Waals surface area contributed by atoms with Gasteiger partial charge < -0.3 is 23.8 Å². The minimum Gasteiger partial charge on any atom is -0.465 e. The van der Waals surface area contributed by atoms with Gasteiger partial charge in [0.25, 0.3) is 20.2 Å². The zero-order valence-electron chi connectivity index (χ0n) is 39.8. The molecule has 0 fully saturated rings. The van der Waals surface area contributed by atoms with Gasteiger partial charge in [-0.05, 0) is 98.1 Å². The summed E-state index contributed by atoms with van der Waals surface area (Å²) in [6, 6.07) is 62.4. The van der Waals surface area contributed by atoms with Crippen molar-refractivity contribution in [1.82, 2.24) is 0 Å². The minimum atomic E-state index is -0.342. The number of aryl methyl sites for hydroxylation is 3. The summed E-state index contributed by atoms with van der Waals surface area (Å²) in [6.45, 7) is 7.57. The lowest BCUT2D eigenvalue weighted by Crippen LogP contribution is -2.21. The Hall–Kier alpha value is -7.90. The molecule has 0 bridgehead atoms. The van der Waals surface area contributed by atoms with E-state index in [0.29, 0.717) is 31.5 Å². The first-order valence-corrected chi connectivity index (χ1v) is 24.5. The van der Waals surface area contributed by atoms with Crippen LogP contribution in [0.1, 0.15) is 43.7 Å². The van der Waals surface area contributed by atoms with Gasteiger partial charge >= 0.3 is 5.97 Å². The van der Waals surface area contributed by atoms with Crippen LogP contribution in [0.25, 0.3) is 0 Å². The number of carbonyl (C=O) groups is 1. The van der Waals surface area contributed by atoms with Crippen LogP contribution in [0.15, 0.2) is 203 Å². The summed E-state index contributed by atoms with van der Waals surface area (Å²) in [5.41, 5.74) is 10.0. The molecule has 12 heteroatoms. The zero-order valence-corrected chi connectivity index (χ0v) is 41.4. The highest BCUT2D eigenvalue weighted by Crippen LogP contribution is 2.36. The maximum Gasteiger partial charge on any atom is 0.337 e. The van der Waals surface area contributed by atoms with E-state index in [9.17, 15) is 4.79 Å². The summed E-state index contributed by atoms with van der Waals surface area (Å²) in [7, 11) is 1.38. The molecule has 3 heterocycles. The number of rotatable bonds is 10. The highest BCUT2D eigenvalue weighted by Gasteiger charge is 2.25. The van der Waals surface area contributed by atoms with Crippen LogP contribution in [-0.2, 0) is 9.07 Å². The third kappa shape index (κ3) is 12.3. The van der Waals surface area contributed by atoms with Gasteiger partial charge in [-0.2, -0.15) is 13.7 Å². The molecule has 0 aliphatic carbocycles. The Bertz CT molecular complexity index is 3230. The lowest BCUT2D eigenvalue weighted by molar-refractivity contribution is -0.476. The molecule has 0 atom stereocenters. The standard InChI is InChI=1S/C21H18NO3S.C21H18NOS.C17H16NO3/c1-16-12-20(26-25-24-19-10-6-3-7-11-19)13-17-14-22(15-23-21(16)17)18-8-4-2-5-9-18;1-16-12-20(24-19-10-6-3-7-11-19)13-17-14-22(15-23-21(16)17)18-8-4-2-5-9-18;1-12-8-13(17(19)20-2)9-14-10-18(11-21-16(12)14)15-6-4-3-5-7-15/h2-14H,15H2,1H3;2-14H,15H2,1H3;3-10H,11H2,1-2H3/q3*+1. The van der Waals surface area contributed by atoms with E-state index in [1.807, 2.05) is 140 Å². The van der Waals surface area contributed by atoms with Gasteiger partial charge in [0.2, 0.25) is 17.1 Å². The van der Waals surface area contributed by atoms with Gasteiger partial charge in [0.1, 0.15) is 17.2 Å². The van der Waals surface area contributed by atoms with Crippen LogP contribution in [0.5, 0.6) is 23.0 Å². The molecule has 71 heavy (non-hydrogen) atoms. The SMILES string of the molecule is COC(=O)c1cc(C)c2c(c1)C=[N+](c1ccccc1)CO2.Cc1cc(SOOc2ccccc2)cc2c1OC[N+](c1ccccc1)=C2.Cc1cc(Sc2ccccc2)cc2c1OC[N+](c1ccccc1)=C2. The molecule has 0 unspecified atom stereocenters. The number of methoxy groups -OCH3 is 1. The van der Waals surface area contributed by atoms with Gasteiger partial charge in [-0.25, -0.2) is 4.79 Å². The predicted octanol–water partition coefficient (Wildman–Crippen LogP) is 13.3. The smallest absolute Gasteiger partial charge is 0.337 e. The zero-order chi connectivity index (χ0) is 48.9. The molecule has 8 aromatic rings. The summed E-state index contributed by atoms with van der Waals surface area (Å²) in [4.78, 5) is 20.4. The Balaban J connectivity index is 0.000000133. The number of para-hydroxylation sites is 4. The van der Waals surface area contributed by atoms with Gasteiger partial charge in [-0.15, -0.1) is 4.33 Å². The molecule has 0 N–H and O–H groups in total. The van der Waals surface area contributed by atoms with E-state index in [4.69, 9.17) is 28.2 Å². The largest absolute Gasteiger partial charge is 0.465 e. The van der Waals surface area contributed by atoms with Crippen LogP contribution in [0.4, 0.5) is 17.1 Å². The number of nitrogens with zero attached hydrogens (tertiary/aromatic N) is 3. The van der Waals surface area contributed by atoms with E-state index >= 15 is 0 Å². The fraction of sp³-hybridized carbons (Fsp3) is 0.119. The summed E-state index contributed by atoms with van der Waals surface area (Å²) in [6.07, 6.45) is 6.27. The predicted molar refractivity (Wildman–Crippen MR) is 281 cm³/mol. The number of hydrogen-bond donors (Lipinski definition) is 0. The lowest BCUT2D eigenvalue weighted by atomic mass is 10.0. The van der Waals surface area contributed by atoms with E-state index in [0.717, 1.165) is 67.0 Å². The fourth-order valence-corrected chi connectivity index (χ4v) is 9.66. The molecule has 0 aromatic heterocycles. The average Bonchev–Trinajstić information content (AvgIpc) is 3.42. The van der Waals surface area contributed by atoms with E-state index in [2.05, 4.69) is 89.2 Å². The monoisotopic (exact) mass is 978 g/mol. The number of carbonyl (C=O) groups excluding carboxylic acids is 1. The van der Waals surface area contributed by atoms with Crippen molar-refractivity contribution in [2.75, 3.05) is 27.3 Å². The van der Waals surface area contributed by atoms with Crippen molar-refractivity contribution in [3.05, 3.63) is 227 Å². The van der Waals surface area contributed by atoms with Crippen molar-refractivity contribution in [2.45, 2.75) is 35.5 Å². The van der Waals surface area contributed by atoms with Crippen LogP contribution in [-0.4, -0.2) is 65.6 Å². The molecule has 354 valence electrons. The van der Waals surface area contributed by atoms with E-state index in [1.54, 1.807) is 23.9 Å². The number of hydrogen-bond acceptors (Lipinski definition) is 9. The van der Waals surface area contributed by atoms with Gasteiger partial charge in [-0.3, -0.25) is 0 Å². The first-order chi connectivity index (χ1) is 34.8. The summed E-state index contributed by atoms with van der Waals surface area (Å²) in [5.74, 6) is 3.03. The van der Waals surface area contributed by atoms with Crippen molar-refractivity contribution in [2.24, 2.45) is 0 Å². The normalized spacial score (nSPS) is 12.9. The fourth-order valence-electron chi connectivity index (χ4n) is 8.08. The Kier molecular flexibility index (Phi) is 15.7. The lowest BCUT2D eigenvalue weighted by Gasteiger charge is -2.17. The number of fused-ring (bicyclic) bond motifs is 3. The van der Waals surface area contributed by atoms with Crippen molar-refractivity contribution >= 4 is 65.5 Å². The Labute approximate surface area is 422 Å². The Morgan fingerprint density at radius 3 is 1.32 bits per heavy atom. The summed E-state index contributed by atoms with van der Waals surface area (Å²) < 4.78 is 34.1. The highest BCUT2D eigenvalue weighted by atomic mass is 32.2. The second-order valence-corrected chi connectivity index (χ2v) is 18.5. The molecule has 0 saturated carbocycles. The van der Waals surface area contributed by atoms with E-state index in [-0.39, 0.29) is 5.97 Å². The Morgan fingerprint density at radius 1 is 0.465 bits per heavy atom. The van der Waals surface area contributed by atoms with Gasteiger partial charge in [0.05, 0.1) is 41.4 Å². The average molecular weight is 979 g/mol. The molecule has 0 amide bonds. The number of ether oxygens (including phenoxy) is 4.